The Hall–Kier alpha value is -3.15. The molecule has 0 aliphatic carbocycles. The van der Waals surface area contributed by atoms with Gasteiger partial charge in [-0.15, -0.1) is 0 Å². The lowest BCUT2D eigenvalue weighted by Crippen LogP contribution is -2.53. The number of hydrogen-bond acceptors (Lipinski definition) is 2. The molecular weight excluding hydrogens is 471 g/mol. The van der Waals surface area contributed by atoms with Crippen molar-refractivity contribution in [1.29, 1.82) is 0 Å². The second kappa shape index (κ2) is 9.61. The van der Waals surface area contributed by atoms with E-state index in [9.17, 15) is 40.6 Å². The molecule has 34 heavy (non-hydrogen) atoms. The highest BCUT2D eigenvalue weighted by Gasteiger charge is 2.79. The van der Waals surface area contributed by atoms with Crippen LogP contribution in [0.3, 0.4) is 0 Å². The highest BCUT2D eigenvalue weighted by Crippen LogP contribution is 2.52. The summed E-state index contributed by atoms with van der Waals surface area (Å²) in [4.78, 5) is 23.8. The minimum atomic E-state index is -6.26. The Morgan fingerprint density at radius 2 is 1.59 bits per heavy atom. The monoisotopic (exact) mass is 494 g/mol. The van der Waals surface area contributed by atoms with Crippen LogP contribution >= 0.6 is 0 Å². The number of anilines is 1. The van der Waals surface area contributed by atoms with Gasteiger partial charge in [0, 0.05) is 18.2 Å². The van der Waals surface area contributed by atoms with Crippen LogP contribution in [0, 0.1) is 6.92 Å². The molecule has 0 saturated carbocycles. The lowest BCUT2D eigenvalue weighted by atomic mass is 9.95. The lowest BCUT2D eigenvalue weighted by Gasteiger charge is -2.26. The second-order valence-corrected chi connectivity index (χ2v) is 7.74. The highest BCUT2D eigenvalue weighted by atomic mass is 19.6. The SMILES string of the molecule is CCc1cc(C(F)(C(F)(F)F)[N+](F)(F)F)cc(C)c1NC(=O)c1ccc(C(C)NC(C)=O)cc1. The van der Waals surface area contributed by atoms with Crippen LogP contribution in [0.2, 0.25) is 0 Å². The van der Waals surface area contributed by atoms with Crippen molar-refractivity contribution in [2.75, 3.05) is 5.32 Å². The van der Waals surface area contributed by atoms with Crippen LogP contribution in [-0.2, 0) is 17.0 Å². The third-order valence-electron chi connectivity index (χ3n) is 5.24. The average Bonchev–Trinajstić information content (AvgIpc) is 2.72. The van der Waals surface area contributed by atoms with Gasteiger partial charge in [-0.1, -0.05) is 19.1 Å². The van der Waals surface area contributed by atoms with Gasteiger partial charge in [0.2, 0.25) is 5.91 Å². The van der Waals surface area contributed by atoms with Gasteiger partial charge in [-0.3, -0.25) is 9.59 Å². The maximum absolute atomic E-state index is 14.5. The zero-order valence-electron chi connectivity index (χ0n) is 18.7. The van der Waals surface area contributed by atoms with Gasteiger partial charge in [0.25, 0.3) is 11.1 Å². The van der Waals surface area contributed by atoms with E-state index in [1.165, 1.54) is 32.9 Å². The molecule has 0 spiro atoms. The van der Waals surface area contributed by atoms with Gasteiger partial charge in [-0.25, -0.2) is 0 Å². The zero-order valence-corrected chi connectivity index (χ0v) is 18.7. The van der Waals surface area contributed by atoms with Gasteiger partial charge in [0.1, 0.15) is 0 Å². The molecule has 186 valence electrons. The Labute approximate surface area is 190 Å². The summed E-state index contributed by atoms with van der Waals surface area (Å²) in [5, 5.41) is -0.331. The van der Waals surface area contributed by atoms with E-state index < -0.39 is 28.6 Å². The first kappa shape index (κ1) is 27.1. The van der Waals surface area contributed by atoms with Crippen molar-refractivity contribution in [2.45, 2.75) is 52.1 Å². The summed E-state index contributed by atoms with van der Waals surface area (Å²) in [6, 6.07) is 6.65. The van der Waals surface area contributed by atoms with Gasteiger partial charge >= 0.3 is 12.0 Å². The first-order chi connectivity index (χ1) is 15.5. The van der Waals surface area contributed by atoms with Crippen molar-refractivity contribution in [3.63, 3.8) is 0 Å². The predicted molar refractivity (Wildman–Crippen MR) is 110 cm³/mol. The molecule has 2 unspecified atom stereocenters. The van der Waals surface area contributed by atoms with Crippen molar-refractivity contribution in [3.05, 3.63) is 64.2 Å². The quantitative estimate of drug-likeness (QED) is 0.275. The molecular formula is C22H23F7N3O2+. The molecule has 0 aliphatic heterocycles. The number of carbonyl (C=O) groups is 2. The molecule has 0 aliphatic rings. The molecule has 0 radical (unpaired) electrons. The fourth-order valence-corrected chi connectivity index (χ4v) is 3.46. The molecule has 2 N–H and O–H groups in total. The summed E-state index contributed by atoms with van der Waals surface area (Å²) in [5.41, 5.74) is -1.04. The van der Waals surface area contributed by atoms with Gasteiger partial charge in [-0.2, -0.15) is 17.6 Å². The van der Waals surface area contributed by atoms with Crippen molar-refractivity contribution in [1.82, 2.24) is 5.32 Å². The second-order valence-electron chi connectivity index (χ2n) is 7.74. The van der Waals surface area contributed by atoms with E-state index in [1.54, 1.807) is 19.1 Å². The molecule has 0 heterocycles. The van der Waals surface area contributed by atoms with Crippen LogP contribution < -0.4 is 10.6 Å². The van der Waals surface area contributed by atoms with E-state index in [0.29, 0.717) is 17.7 Å². The van der Waals surface area contributed by atoms with Gasteiger partial charge in [0.15, 0.2) is 0 Å². The number of nitrogens with zero attached hydrogens (tertiary/aromatic N) is 1. The Balaban J connectivity index is 2.41. The number of rotatable bonds is 7. The number of alkyl halides is 4. The van der Waals surface area contributed by atoms with Crippen LogP contribution in [0.15, 0.2) is 36.4 Å². The number of amides is 2. The zero-order chi connectivity index (χ0) is 26.1. The van der Waals surface area contributed by atoms with Gasteiger partial charge in [-0.05, 0) is 61.2 Å². The van der Waals surface area contributed by atoms with Crippen molar-refractivity contribution in [2.24, 2.45) is 0 Å². The normalized spacial score (nSPS) is 14.8. The van der Waals surface area contributed by atoms with E-state index in [-0.39, 0.29) is 40.7 Å². The van der Waals surface area contributed by atoms with E-state index in [0.717, 1.165) is 0 Å². The number of nitrogens with one attached hydrogen (secondary N) is 2. The van der Waals surface area contributed by atoms with Crippen molar-refractivity contribution < 1.29 is 45.7 Å². The summed E-state index contributed by atoms with van der Waals surface area (Å²) in [7, 11) is 0. The third kappa shape index (κ3) is 5.32. The molecule has 0 fully saturated rings. The standard InChI is InChI=1S/C22H22F7N3O2/c1-5-15-11-18(21(23,22(24,25)26)32(27,28)29)10-12(2)19(15)31-20(34)17-8-6-16(7-9-17)13(3)30-14(4)33/h6-11,13H,5H2,1-4H3,(H-,30,31,33,34)/p+1. The topological polar surface area (TPSA) is 58.2 Å². The summed E-state index contributed by atoms with van der Waals surface area (Å²) >= 11 is 0. The van der Waals surface area contributed by atoms with Crippen LogP contribution in [0.25, 0.3) is 0 Å². The molecule has 0 saturated heterocycles. The summed E-state index contributed by atoms with van der Waals surface area (Å²) in [5.74, 6) is -6.53. The minimum absolute atomic E-state index is 0.00820. The van der Waals surface area contributed by atoms with Gasteiger partial charge in [0.05, 0.1) is 25.0 Å². The fourth-order valence-electron chi connectivity index (χ4n) is 3.46. The van der Waals surface area contributed by atoms with E-state index >= 15 is 0 Å². The van der Waals surface area contributed by atoms with Gasteiger partial charge < -0.3 is 10.6 Å². The smallest absolute Gasteiger partial charge is 0.350 e. The van der Waals surface area contributed by atoms with Crippen molar-refractivity contribution in [3.8, 4) is 0 Å². The molecule has 2 atom stereocenters. The molecule has 5 nitrogen and oxygen atoms in total. The highest BCUT2D eigenvalue weighted by molar-refractivity contribution is 6.05. The first-order valence-electron chi connectivity index (χ1n) is 10.1. The summed E-state index contributed by atoms with van der Waals surface area (Å²) in [6.45, 7) is 5.71. The number of halogens is 7. The number of carbonyl (C=O) groups excluding carboxylic acids is 2. The predicted octanol–water partition coefficient (Wildman–Crippen LogP) is 6.16. The van der Waals surface area contributed by atoms with E-state index in [2.05, 4.69) is 10.6 Å². The lowest BCUT2D eigenvalue weighted by molar-refractivity contribution is -1.32. The Kier molecular flexibility index (Phi) is 7.66. The van der Waals surface area contributed by atoms with Crippen molar-refractivity contribution >= 4 is 17.5 Å². The van der Waals surface area contributed by atoms with Crippen LogP contribution in [0.4, 0.5) is 36.7 Å². The molecule has 0 bridgehead atoms. The molecule has 12 heteroatoms. The first-order valence-corrected chi connectivity index (χ1v) is 10.1. The van der Waals surface area contributed by atoms with Crippen LogP contribution in [0.5, 0.6) is 0 Å². The maximum atomic E-state index is 14.5. The Morgan fingerprint density at radius 1 is 1.03 bits per heavy atom. The maximum Gasteiger partial charge on any atom is 0.494 e. The molecule has 2 aromatic carbocycles. The summed E-state index contributed by atoms with van der Waals surface area (Å²) < 4.78 is 93.2. The minimum Gasteiger partial charge on any atom is -0.350 e. The fraction of sp³-hybridized carbons (Fsp3) is 0.364. The Bertz CT molecular complexity index is 1050. The third-order valence-corrected chi connectivity index (χ3v) is 5.24. The number of aryl methyl sites for hydroxylation is 2. The molecule has 0 aromatic heterocycles. The average molecular weight is 494 g/mol. The largest absolute Gasteiger partial charge is 0.494 e. The van der Waals surface area contributed by atoms with E-state index in [4.69, 9.17) is 0 Å². The van der Waals surface area contributed by atoms with Crippen LogP contribution in [-0.4, -0.2) is 23.1 Å². The Morgan fingerprint density at radius 3 is 2.03 bits per heavy atom. The molecule has 2 amide bonds. The van der Waals surface area contributed by atoms with Crippen LogP contribution in [0.1, 0.15) is 59.4 Å². The number of quaternary nitrogens is 1. The molecule has 2 aromatic rings. The van der Waals surface area contributed by atoms with E-state index in [1.807, 2.05) is 0 Å². The summed E-state index contributed by atoms with van der Waals surface area (Å²) in [6.07, 6.45) is -6.33. The number of benzene rings is 2. The number of hydrogen-bond donors (Lipinski definition) is 2. The molecule has 2 rings (SSSR count).